The fourth-order valence-corrected chi connectivity index (χ4v) is 3.22. The van der Waals surface area contributed by atoms with Crippen LogP contribution < -0.4 is 10.6 Å². The van der Waals surface area contributed by atoms with Gasteiger partial charge in [-0.25, -0.2) is 9.67 Å². The van der Waals surface area contributed by atoms with E-state index >= 15 is 0 Å². The van der Waals surface area contributed by atoms with E-state index in [1.807, 2.05) is 25.1 Å². The average molecular weight is 393 g/mol. The van der Waals surface area contributed by atoms with Crippen molar-refractivity contribution in [2.45, 2.75) is 26.7 Å². The lowest BCUT2D eigenvalue weighted by Gasteiger charge is -2.26. The monoisotopic (exact) mass is 392 g/mol. The van der Waals surface area contributed by atoms with Gasteiger partial charge in [0.1, 0.15) is 5.82 Å². The number of carbonyl (C=O) groups is 1. The van der Waals surface area contributed by atoms with Crippen molar-refractivity contribution >= 4 is 18.3 Å². The van der Waals surface area contributed by atoms with Crippen molar-refractivity contribution in [1.29, 1.82) is 0 Å². The van der Waals surface area contributed by atoms with E-state index in [0.29, 0.717) is 18.3 Å². The van der Waals surface area contributed by atoms with E-state index in [9.17, 15) is 4.79 Å². The number of nitrogens with zero attached hydrogens (tertiary/aromatic N) is 4. The molecule has 1 amide bonds. The molecular weight excluding hydrogens is 364 g/mol. The summed E-state index contributed by atoms with van der Waals surface area (Å²) in [7, 11) is 0. The summed E-state index contributed by atoms with van der Waals surface area (Å²) in [6.07, 6.45) is 0. The molecule has 3 rings (SSSR count). The molecule has 0 atom stereocenters. The Kier molecular flexibility index (Phi) is 7.77. The third-order valence-electron chi connectivity index (χ3n) is 4.68. The number of aromatic nitrogens is 3. The molecule has 8 heteroatoms. The fraction of sp³-hybridized carbons (Fsp3) is 0.526. The van der Waals surface area contributed by atoms with Gasteiger partial charge in [0.2, 0.25) is 5.82 Å². The van der Waals surface area contributed by atoms with Crippen molar-refractivity contribution in [3.63, 3.8) is 0 Å². The van der Waals surface area contributed by atoms with Crippen molar-refractivity contribution in [2.75, 3.05) is 39.3 Å². The van der Waals surface area contributed by atoms with Gasteiger partial charge in [-0.05, 0) is 24.5 Å². The number of hydrogen-bond donors (Lipinski definition) is 2. The van der Waals surface area contributed by atoms with Gasteiger partial charge >= 0.3 is 0 Å². The van der Waals surface area contributed by atoms with Crippen molar-refractivity contribution in [3.8, 4) is 5.69 Å². The Morgan fingerprint density at radius 1 is 1.26 bits per heavy atom. The van der Waals surface area contributed by atoms with E-state index in [4.69, 9.17) is 0 Å². The van der Waals surface area contributed by atoms with Crippen LogP contribution in [0.4, 0.5) is 0 Å². The second-order valence-corrected chi connectivity index (χ2v) is 6.96. The Balaban J connectivity index is 0.00000261. The highest BCUT2D eigenvalue weighted by Gasteiger charge is 2.18. The second kappa shape index (κ2) is 9.82. The zero-order valence-electron chi connectivity index (χ0n) is 16.2. The maximum atomic E-state index is 12.4. The minimum absolute atomic E-state index is 0. The van der Waals surface area contributed by atoms with Gasteiger partial charge in [0.05, 0.1) is 5.69 Å². The van der Waals surface area contributed by atoms with Gasteiger partial charge in [-0.1, -0.05) is 32.0 Å². The first-order valence-corrected chi connectivity index (χ1v) is 9.30. The maximum Gasteiger partial charge on any atom is 0.291 e. The Hall–Kier alpha value is -1.96. The van der Waals surface area contributed by atoms with E-state index in [2.05, 4.69) is 45.5 Å². The summed E-state index contributed by atoms with van der Waals surface area (Å²) in [6.45, 7) is 11.7. The van der Waals surface area contributed by atoms with Gasteiger partial charge in [0.25, 0.3) is 5.91 Å². The Morgan fingerprint density at radius 3 is 2.67 bits per heavy atom. The molecule has 1 aliphatic rings. The number of aryl methyl sites for hydroxylation is 1. The minimum atomic E-state index is -0.219. The van der Waals surface area contributed by atoms with Crippen LogP contribution in [0.3, 0.4) is 0 Å². The Morgan fingerprint density at radius 2 is 1.96 bits per heavy atom. The number of hydrogen-bond acceptors (Lipinski definition) is 5. The highest BCUT2D eigenvalue weighted by Crippen LogP contribution is 2.23. The van der Waals surface area contributed by atoms with Crippen molar-refractivity contribution in [2.24, 2.45) is 0 Å². The number of para-hydroxylation sites is 1. The Bertz CT molecular complexity index is 754. The smallest absolute Gasteiger partial charge is 0.291 e. The van der Waals surface area contributed by atoms with Gasteiger partial charge in [0.15, 0.2) is 0 Å². The summed E-state index contributed by atoms with van der Waals surface area (Å²) < 4.78 is 1.76. The van der Waals surface area contributed by atoms with E-state index < -0.39 is 0 Å². The number of halogens is 1. The summed E-state index contributed by atoms with van der Waals surface area (Å²) in [5.74, 6) is 1.09. The molecule has 1 saturated heterocycles. The number of carbonyl (C=O) groups excluding carboxylic acids is 1. The molecule has 7 nitrogen and oxygen atoms in total. The van der Waals surface area contributed by atoms with Crippen LogP contribution >= 0.6 is 12.4 Å². The van der Waals surface area contributed by atoms with Crippen LogP contribution in [0.5, 0.6) is 0 Å². The van der Waals surface area contributed by atoms with Gasteiger partial charge in [-0.2, -0.15) is 0 Å². The zero-order chi connectivity index (χ0) is 18.5. The maximum absolute atomic E-state index is 12.4. The first kappa shape index (κ1) is 21.3. The lowest BCUT2D eigenvalue weighted by Crippen LogP contribution is -2.46. The second-order valence-electron chi connectivity index (χ2n) is 6.96. The lowest BCUT2D eigenvalue weighted by atomic mass is 10.0. The SMILES string of the molecule is Cc1nc(C(=O)NCCN2CCNCC2)nn1-c1ccccc1C(C)C.Cl. The van der Waals surface area contributed by atoms with Gasteiger partial charge < -0.3 is 10.6 Å². The summed E-state index contributed by atoms with van der Waals surface area (Å²) >= 11 is 0. The molecule has 1 aromatic heterocycles. The molecular formula is C19H29ClN6O. The topological polar surface area (TPSA) is 75.1 Å². The standard InChI is InChI=1S/C19H28N6O.ClH/c1-14(2)16-6-4-5-7-17(16)25-15(3)22-18(23-25)19(26)21-10-13-24-11-8-20-9-12-24;/h4-7,14,20H,8-13H2,1-3H3,(H,21,26);1H. The zero-order valence-corrected chi connectivity index (χ0v) is 17.1. The molecule has 1 fully saturated rings. The molecule has 0 saturated carbocycles. The first-order chi connectivity index (χ1) is 12.6. The quantitative estimate of drug-likeness (QED) is 0.783. The molecule has 27 heavy (non-hydrogen) atoms. The molecule has 0 radical (unpaired) electrons. The van der Waals surface area contributed by atoms with E-state index in [-0.39, 0.29) is 24.1 Å². The largest absolute Gasteiger partial charge is 0.348 e. The molecule has 2 heterocycles. The highest BCUT2D eigenvalue weighted by molar-refractivity contribution is 5.90. The first-order valence-electron chi connectivity index (χ1n) is 9.30. The number of piperazine rings is 1. The van der Waals surface area contributed by atoms with Crippen LogP contribution in [0.1, 0.15) is 41.8 Å². The Labute approximate surface area is 166 Å². The predicted octanol–water partition coefficient (Wildman–Crippen LogP) is 1.76. The molecule has 2 N–H and O–H groups in total. The van der Waals surface area contributed by atoms with Crippen LogP contribution in [0, 0.1) is 6.92 Å². The molecule has 2 aromatic rings. The summed E-state index contributed by atoms with van der Waals surface area (Å²) in [6, 6.07) is 8.11. The van der Waals surface area contributed by atoms with Crippen LogP contribution in [-0.2, 0) is 0 Å². The van der Waals surface area contributed by atoms with Crippen molar-refractivity contribution in [1.82, 2.24) is 30.3 Å². The van der Waals surface area contributed by atoms with Crippen LogP contribution in [0.15, 0.2) is 24.3 Å². The van der Waals surface area contributed by atoms with Crippen molar-refractivity contribution < 1.29 is 4.79 Å². The number of benzene rings is 1. The van der Waals surface area contributed by atoms with E-state index in [1.54, 1.807) is 4.68 Å². The summed E-state index contributed by atoms with van der Waals surface area (Å²) in [4.78, 5) is 19.1. The normalized spacial score (nSPS) is 14.8. The summed E-state index contributed by atoms with van der Waals surface area (Å²) in [5, 5.41) is 10.7. The lowest BCUT2D eigenvalue weighted by molar-refractivity contribution is 0.0937. The van der Waals surface area contributed by atoms with Crippen LogP contribution in [-0.4, -0.2) is 64.8 Å². The van der Waals surface area contributed by atoms with E-state index in [0.717, 1.165) is 38.4 Å². The highest BCUT2D eigenvalue weighted by atomic mass is 35.5. The number of amides is 1. The minimum Gasteiger partial charge on any atom is -0.348 e. The van der Waals surface area contributed by atoms with Crippen LogP contribution in [0.25, 0.3) is 5.69 Å². The predicted molar refractivity (Wildman–Crippen MR) is 109 cm³/mol. The molecule has 0 spiro atoms. The number of rotatable bonds is 6. The third-order valence-corrected chi connectivity index (χ3v) is 4.68. The molecule has 1 aliphatic heterocycles. The van der Waals surface area contributed by atoms with E-state index in [1.165, 1.54) is 5.56 Å². The molecule has 0 bridgehead atoms. The van der Waals surface area contributed by atoms with Gasteiger partial charge in [-0.3, -0.25) is 9.69 Å². The van der Waals surface area contributed by atoms with Crippen molar-refractivity contribution in [3.05, 3.63) is 41.5 Å². The van der Waals surface area contributed by atoms with Gasteiger partial charge in [0, 0.05) is 39.3 Å². The van der Waals surface area contributed by atoms with Crippen LogP contribution in [0.2, 0.25) is 0 Å². The molecule has 0 unspecified atom stereocenters. The van der Waals surface area contributed by atoms with Gasteiger partial charge in [-0.15, -0.1) is 17.5 Å². The summed E-state index contributed by atoms with van der Waals surface area (Å²) in [5.41, 5.74) is 2.17. The fourth-order valence-electron chi connectivity index (χ4n) is 3.22. The average Bonchev–Trinajstić information content (AvgIpc) is 3.04. The number of nitrogens with one attached hydrogen (secondary N) is 2. The molecule has 0 aliphatic carbocycles. The molecule has 148 valence electrons. The third kappa shape index (κ3) is 5.28. The molecule has 1 aromatic carbocycles.